The maximum Gasteiger partial charge on any atom is 0.254 e. The van der Waals surface area contributed by atoms with Crippen LogP contribution in [0.25, 0.3) is 0 Å². The lowest BCUT2D eigenvalue weighted by Gasteiger charge is -2.38. The van der Waals surface area contributed by atoms with Crippen molar-refractivity contribution in [1.82, 2.24) is 4.90 Å². The van der Waals surface area contributed by atoms with Gasteiger partial charge in [0.05, 0.1) is 27.4 Å². The lowest BCUT2D eigenvalue weighted by molar-refractivity contribution is 0.0691. The molecule has 0 saturated carbocycles. The highest BCUT2D eigenvalue weighted by molar-refractivity contribution is 5.96. The van der Waals surface area contributed by atoms with Gasteiger partial charge in [0.25, 0.3) is 5.91 Å². The molecule has 1 atom stereocenters. The molecule has 0 bridgehead atoms. The molecule has 160 valence electrons. The van der Waals surface area contributed by atoms with Crippen molar-refractivity contribution in [1.29, 1.82) is 0 Å². The zero-order valence-corrected chi connectivity index (χ0v) is 17.7. The van der Waals surface area contributed by atoms with Crippen molar-refractivity contribution in [2.24, 2.45) is 0 Å². The van der Waals surface area contributed by atoms with Gasteiger partial charge in [-0.05, 0) is 35.7 Å². The molecule has 0 saturated heterocycles. The van der Waals surface area contributed by atoms with Crippen LogP contribution < -0.4 is 14.2 Å². The molecule has 0 aliphatic carbocycles. The van der Waals surface area contributed by atoms with Crippen LogP contribution in [0.3, 0.4) is 0 Å². The van der Waals surface area contributed by atoms with Gasteiger partial charge in [-0.25, -0.2) is 4.39 Å². The Balaban J connectivity index is 1.83. The SMILES string of the molecule is COc1cc(C(=O)N2CCc3ccccc3C2c2ccccc2F)cc(OC)c1OC. The summed E-state index contributed by atoms with van der Waals surface area (Å²) >= 11 is 0. The molecule has 0 aromatic heterocycles. The van der Waals surface area contributed by atoms with Crippen molar-refractivity contribution in [3.8, 4) is 17.2 Å². The first-order valence-corrected chi connectivity index (χ1v) is 10.0. The van der Waals surface area contributed by atoms with Gasteiger partial charge < -0.3 is 19.1 Å². The van der Waals surface area contributed by atoms with E-state index in [1.165, 1.54) is 27.4 Å². The molecule has 0 radical (unpaired) electrons. The summed E-state index contributed by atoms with van der Waals surface area (Å²) in [6.45, 7) is 0.464. The highest BCUT2D eigenvalue weighted by Gasteiger charge is 2.34. The monoisotopic (exact) mass is 421 g/mol. The number of hydrogen-bond acceptors (Lipinski definition) is 4. The number of methoxy groups -OCH3 is 3. The summed E-state index contributed by atoms with van der Waals surface area (Å²) in [6.07, 6.45) is 0.692. The van der Waals surface area contributed by atoms with E-state index < -0.39 is 6.04 Å². The van der Waals surface area contributed by atoms with E-state index in [0.29, 0.717) is 41.3 Å². The molecule has 5 nitrogen and oxygen atoms in total. The minimum absolute atomic E-state index is 0.234. The molecule has 1 amide bonds. The zero-order valence-electron chi connectivity index (χ0n) is 17.7. The van der Waals surface area contributed by atoms with Gasteiger partial charge in [-0.2, -0.15) is 0 Å². The van der Waals surface area contributed by atoms with E-state index in [4.69, 9.17) is 14.2 Å². The van der Waals surface area contributed by atoms with Crippen molar-refractivity contribution in [2.45, 2.75) is 12.5 Å². The zero-order chi connectivity index (χ0) is 22.0. The molecular formula is C25H24FNO4. The van der Waals surface area contributed by atoms with E-state index >= 15 is 0 Å². The summed E-state index contributed by atoms with van der Waals surface area (Å²) in [4.78, 5) is 15.4. The van der Waals surface area contributed by atoms with Crippen LogP contribution in [0.4, 0.5) is 4.39 Å². The molecule has 4 rings (SSSR count). The van der Waals surface area contributed by atoms with Gasteiger partial charge in [0.2, 0.25) is 5.75 Å². The highest BCUT2D eigenvalue weighted by atomic mass is 19.1. The maximum absolute atomic E-state index is 14.8. The second kappa shape index (κ2) is 8.68. The van der Waals surface area contributed by atoms with Crippen molar-refractivity contribution in [2.75, 3.05) is 27.9 Å². The molecule has 0 spiro atoms. The van der Waals surface area contributed by atoms with Crippen LogP contribution in [0.5, 0.6) is 17.2 Å². The Hall–Kier alpha value is -3.54. The number of fused-ring (bicyclic) bond motifs is 1. The largest absolute Gasteiger partial charge is 0.493 e. The summed E-state index contributed by atoms with van der Waals surface area (Å²) < 4.78 is 31.0. The summed E-state index contributed by atoms with van der Waals surface area (Å²) in [5, 5.41) is 0. The molecule has 1 aliphatic rings. The Morgan fingerprint density at radius 1 is 0.903 bits per heavy atom. The van der Waals surface area contributed by atoms with Crippen LogP contribution in [0.15, 0.2) is 60.7 Å². The molecule has 1 aliphatic heterocycles. The van der Waals surface area contributed by atoms with Gasteiger partial charge in [0.15, 0.2) is 11.5 Å². The Kier molecular flexibility index (Phi) is 5.80. The number of ether oxygens (including phenoxy) is 3. The topological polar surface area (TPSA) is 48.0 Å². The minimum Gasteiger partial charge on any atom is -0.493 e. The number of halogens is 1. The third-order valence-corrected chi connectivity index (χ3v) is 5.66. The smallest absolute Gasteiger partial charge is 0.254 e. The van der Waals surface area contributed by atoms with E-state index in [-0.39, 0.29) is 11.7 Å². The second-order valence-electron chi connectivity index (χ2n) is 7.29. The fourth-order valence-electron chi connectivity index (χ4n) is 4.19. The van der Waals surface area contributed by atoms with Crippen LogP contribution >= 0.6 is 0 Å². The number of benzene rings is 3. The third kappa shape index (κ3) is 3.69. The minimum atomic E-state index is -0.530. The first-order valence-electron chi connectivity index (χ1n) is 10.0. The molecule has 31 heavy (non-hydrogen) atoms. The van der Waals surface area contributed by atoms with Crippen LogP contribution in [0.1, 0.15) is 33.1 Å². The van der Waals surface area contributed by atoms with Gasteiger partial charge in [-0.15, -0.1) is 0 Å². The number of carbonyl (C=O) groups excluding carboxylic acids is 1. The van der Waals surface area contributed by atoms with Crippen LogP contribution in [0.2, 0.25) is 0 Å². The van der Waals surface area contributed by atoms with E-state index in [2.05, 4.69) is 0 Å². The standard InChI is InChI=1S/C25H24FNO4/c1-29-21-14-17(15-22(30-2)24(21)31-3)25(28)27-13-12-16-8-4-5-9-18(16)23(27)19-10-6-7-11-20(19)26/h4-11,14-15,23H,12-13H2,1-3H3. The van der Waals surface area contributed by atoms with Crippen LogP contribution in [-0.4, -0.2) is 38.7 Å². The molecule has 3 aromatic carbocycles. The van der Waals surface area contributed by atoms with Crippen molar-refractivity contribution >= 4 is 5.91 Å². The van der Waals surface area contributed by atoms with Crippen molar-refractivity contribution in [3.05, 3.63) is 88.7 Å². The van der Waals surface area contributed by atoms with Gasteiger partial charge in [0.1, 0.15) is 5.82 Å². The fraction of sp³-hybridized carbons (Fsp3) is 0.240. The lowest BCUT2D eigenvalue weighted by Crippen LogP contribution is -2.41. The van der Waals surface area contributed by atoms with Gasteiger partial charge >= 0.3 is 0 Å². The maximum atomic E-state index is 14.8. The predicted octanol–water partition coefficient (Wildman–Crippen LogP) is 4.64. The first-order chi connectivity index (χ1) is 15.1. The highest BCUT2D eigenvalue weighted by Crippen LogP contribution is 2.41. The van der Waals surface area contributed by atoms with Gasteiger partial charge in [-0.1, -0.05) is 42.5 Å². The number of hydrogen-bond donors (Lipinski definition) is 0. The summed E-state index contributed by atoms with van der Waals surface area (Å²) in [5.74, 6) is 0.625. The van der Waals surface area contributed by atoms with E-state index in [0.717, 1.165) is 11.1 Å². The number of nitrogens with zero attached hydrogens (tertiary/aromatic N) is 1. The molecule has 0 N–H and O–H groups in total. The Morgan fingerprint density at radius 2 is 1.52 bits per heavy atom. The Bertz CT molecular complexity index is 1090. The quantitative estimate of drug-likeness (QED) is 0.602. The normalized spacial score (nSPS) is 15.2. The average Bonchev–Trinajstić information content (AvgIpc) is 2.82. The molecular weight excluding hydrogens is 397 g/mol. The predicted molar refractivity (Wildman–Crippen MR) is 116 cm³/mol. The van der Waals surface area contributed by atoms with Gasteiger partial charge in [0, 0.05) is 17.7 Å². The van der Waals surface area contributed by atoms with Crippen molar-refractivity contribution < 1.29 is 23.4 Å². The van der Waals surface area contributed by atoms with E-state index in [1.54, 1.807) is 35.2 Å². The number of carbonyl (C=O) groups is 1. The number of amides is 1. The molecule has 1 heterocycles. The molecule has 1 unspecified atom stereocenters. The Morgan fingerprint density at radius 3 is 2.13 bits per heavy atom. The van der Waals surface area contributed by atoms with Crippen LogP contribution in [0, 0.1) is 5.82 Å². The third-order valence-electron chi connectivity index (χ3n) is 5.66. The summed E-state index contributed by atoms with van der Waals surface area (Å²) in [7, 11) is 4.52. The average molecular weight is 421 g/mol. The van der Waals surface area contributed by atoms with Gasteiger partial charge in [-0.3, -0.25) is 4.79 Å². The van der Waals surface area contributed by atoms with E-state index in [1.807, 2.05) is 24.3 Å². The summed E-state index contributed by atoms with van der Waals surface area (Å²) in [5.41, 5.74) is 2.90. The Labute approximate surface area is 181 Å². The van der Waals surface area contributed by atoms with E-state index in [9.17, 15) is 9.18 Å². The van der Waals surface area contributed by atoms with Crippen molar-refractivity contribution in [3.63, 3.8) is 0 Å². The molecule has 0 fully saturated rings. The van der Waals surface area contributed by atoms with Crippen LogP contribution in [-0.2, 0) is 6.42 Å². The molecule has 6 heteroatoms. The summed E-state index contributed by atoms with van der Waals surface area (Å²) in [6, 6.07) is 17.2. The fourth-order valence-corrected chi connectivity index (χ4v) is 4.19. The number of rotatable bonds is 5. The second-order valence-corrected chi connectivity index (χ2v) is 7.29. The molecule has 3 aromatic rings. The lowest BCUT2D eigenvalue weighted by atomic mass is 9.87. The first kappa shape index (κ1) is 20.7.